The van der Waals surface area contributed by atoms with Crippen LogP contribution in [0.4, 0.5) is 34.1 Å². The summed E-state index contributed by atoms with van der Waals surface area (Å²) < 4.78 is 0. The number of rotatable bonds is 8. The van der Waals surface area contributed by atoms with Gasteiger partial charge in [-0.25, -0.2) is 0 Å². The van der Waals surface area contributed by atoms with Crippen molar-refractivity contribution in [2.24, 2.45) is 0 Å². The highest BCUT2D eigenvalue weighted by atomic mass is 79.9. The molecule has 0 saturated carbocycles. The van der Waals surface area contributed by atoms with E-state index in [0.717, 1.165) is 34.1 Å². The lowest BCUT2D eigenvalue weighted by Gasteiger charge is -2.38. The van der Waals surface area contributed by atoms with E-state index in [9.17, 15) is 0 Å². The fraction of sp³-hybridized carbons (Fsp3) is 0.0345. The average Bonchev–Trinajstić information content (AvgIpc) is 3.43. The minimum absolute atomic E-state index is 0.0148. The Bertz CT molecular complexity index is 3000. The number of benzene rings is 10. The molecule has 0 amide bonds. The molecule has 0 saturated heterocycles. The Hall–Kier alpha value is -6.50. The Morgan fingerprint density at radius 3 is 1.08 bits per heavy atom. The zero-order valence-corrected chi connectivity index (χ0v) is 38.6. The second-order valence-electron chi connectivity index (χ2n) is 16.2. The lowest BCUT2D eigenvalue weighted by Crippen LogP contribution is -2.75. The molecule has 5 heteroatoms. The smallest absolute Gasteiger partial charge is 0.180 e. The summed E-state index contributed by atoms with van der Waals surface area (Å²) in [4.78, 5) is 4.87. The SMILES string of the molecule is BrC1c2ccc(N(c3ccccc3)c3cccc4ccccc34)cc2[Si](c2ccccc2)(c2ccccc2)c2cc(N(c3ccccc3)c3cccc4ccccc34)ccc2C1Br. The van der Waals surface area contributed by atoms with Crippen molar-refractivity contribution in [1.29, 1.82) is 0 Å². The number of fused-ring (bicyclic) bond motifs is 4. The van der Waals surface area contributed by atoms with Crippen LogP contribution in [-0.2, 0) is 0 Å². The van der Waals surface area contributed by atoms with E-state index >= 15 is 0 Å². The molecule has 0 aromatic heterocycles. The van der Waals surface area contributed by atoms with Gasteiger partial charge >= 0.3 is 0 Å². The van der Waals surface area contributed by atoms with Gasteiger partial charge in [-0.1, -0.05) is 214 Å². The van der Waals surface area contributed by atoms with Crippen molar-refractivity contribution in [2.45, 2.75) is 9.65 Å². The summed E-state index contributed by atoms with van der Waals surface area (Å²) in [5.41, 5.74) is 9.32. The highest BCUT2D eigenvalue weighted by Gasteiger charge is 2.49. The van der Waals surface area contributed by atoms with Gasteiger partial charge in [0.2, 0.25) is 0 Å². The monoisotopic (exact) mass is 952 g/mol. The van der Waals surface area contributed by atoms with Gasteiger partial charge < -0.3 is 9.80 Å². The van der Waals surface area contributed by atoms with Crippen LogP contribution in [0.5, 0.6) is 0 Å². The molecule has 2 nitrogen and oxygen atoms in total. The van der Waals surface area contributed by atoms with Crippen molar-refractivity contribution in [1.82, 2.24) is 0 Å². The molecule has 63 heavy (non-hydrogen) atoms. The number of hydrogen-bond acceptors (Lipinski definition) is 2. The summed E-state index contributed by atoms with van der Waals surface area (Å²) in [7, 11) is -3.19. The summed E-state index contributed by atoms with van der Waals surface area (Å²) in [6.07, 6.45) is 0. The molecule has 11 rings (SSSR count). The van der Waals surface area contributed by atoms with Gasteiger partial charge in [0.25, 0.3) is 0 Å². The predicted octanol–water partition coefficient (Wildman–Crippen LogP) is 14.2. The second-order valence-corrected chi connectivity index (χ2v) is 21.9. The van der Waals surface area contributed by atoms with Crippen LogP contribution in [0.2, 0.25) is 0 Å². The standard InChI is InChI=1S/C58H42Br2N2Si/c59-57-51-37-35-45(61(43-23-5-1-6-24-43)53-33-17-21-41-19-13-15-31-49(41)53)39-55(51)63(47-27-9-3-10-28-47,48-29-11-4-12-30-48)56-40-46(36-38-52(56)58(57)60)62(44-25-7-2-8-26-44)54-34-18-22-42-20-14-16-32-50(42)54/h1-40,57-58H. The zero-order chi connectivity index (χ0) is 42.3. The number of alkyl halides is 2. The predicted molar refractivity (Wildman–Crippen MR) is 278 cm³/mol. The van der Waals surface area contributed by atoms with Crippen LogP contribution in [0, 0.1) is 0 Å². The molecule has 0 radical (unpaired) electrons. The first-order valence-corrected chi connectivity index (χ1v) is 25.3. The van der Waals surface area contributed by atoms with E-state index < -0.39 is 8.07 Å². The first-order chi connectivity index (χ1) is 31.1. The highest BCUT2D eigenvalue weighted by Crippen LogP contribution is 2.47. The third-order valence-electron chi connectivity index (χ3n) is 12.7. The van der Waals surface area contributed by atoms with Gasteiger partial charge in [0.15, 0.2) is 8.07 Å². The molecule has 0 N–H and O–H groups in total. The minimum atomic E-state index is -3.19. The Morgan fingerprint density at radius 2 is 0.667 bits per heavy atom. The van der Waals surface area contributed by atoms with Crippen molar-refractivity contribution in [3.8, 4) is 0 Å². The second kappa shape index (κ2) is 16.6. The van der Waals surface area contributed by atoms with Crippen molar-refractivity contribution in [3.63, 3.8) is 0 Å². The van der Waals surface area contributed by atoms with Gasteiger partial charge in [-0.2, -0.15) is 0 Å². The van der Waals surface area contributed by atoms with Crippen LogP contribution in [-0.4, -0.2) is 8.07 Å². The van der Waals surface area contributed by atoms with Crippen molar-refractivity contribution in [3.05, 3.63) is 254 Å². The van der Waals surface area contributed by atoms with E-state index in [1.54, 1.807) is 0 Å². The maximum absolute atomic E-state index is 4.35. The zero-order valence-electron chi connectivity index (χ0n) is 34.4. The quantitative estimate of drug-likeness (QED) is 0.111. The van der Waals surface area contributed by atoms with Crippen LogP contribution in [0.15, 0.2) is 243 Å². The molecule has 0 bridgehead atoms. The molecule has 2 atom stereocenters. The van der Waals surface area contributed by atoms with E-state index in [2.05, 4.69) is 284 Å². The highest BCUT2D eigenvalue weighted by molar-refractivity contribution is 9.12. The first-order valence-electron chi connectivity index (χ1n) is 21.5. The lowest BCUT2D eigenvalue weighted by molar-refractivity contribution is 0.953. The van der Waals surface area contributed by atoms with E-state index in [0.29, 0.717) is 0 Å². The molecule has 1 aliphatic rings. The van der Waals surface area contributed by atoms with Crippen LogP contribution in [0.3, 0.4) is 0 Å². The van der Waals surface area contributed by atoms with Gasteiger partial charge in [-0.05, 0) is 103 Å². The molecule has 0 fully saturated rings. The van der Waals surface area contributed by atoms with Gasteiger partial charge in [0, 0.05) is 33.5 Å². The van der Waals surface area contributed by atoms with Crippen LogP contribution in [0.25, 0.3) is 21.5 Å². The van der Waals surface area contributed by atoms with Crippen LogP contribution < -0.4 is 30.5 Å². The molecule has 2 unspecified atom stereocenters. The summed E-state index contributed by atoms with van der Waals surface area (Å²) in [6.45, 7) is 0. The fourth-order valence-electron chi connectivity index (χ4n) is 9.94. The van der Waals surface area contributed by atoms with Gasteiger partial charge in [0.1, 0.15) is 0 Å². The Morgan fingerprint density at radius 1 is 0.317 bits per heavy atom. The number of hydrogen-bond donors (Lipinski definition) is 0. The molecule has 0 spiro atoms. The number of halogens is 2. The fourth-order valence-corrected chi connectivity index (χ4v) is 17.1. The van der Waals surface area contributed by atoms with E-state index in [1.165, 1.54) is 53.4 Å². The molecule has 0 aliphatic carbocycles. The van der Waals surface area contributed by atoms with Gasteiger partial charge in [-0.15, -0.1) is 0 Å². The maximum Gasteiger partial charge on any atom is 0.180 e. The van der Waals surface area contributed by atoms with E-state index in [-0.39, 0.29) is 9.65 Å². The van der Waals surface area contributed by atoms with Crippen molar-refractivity contribution >= 4 is 116 Å². The largest absolute Gasteiger partial charge is 0.310 e. The summed E-state index contributed by atoms with van der Waals surface area (Å²) >= 11 is 8.70. The molecule has 1 aliphatic heterocycles. The summed E-state index contributed by atoms with van der Waals surface area (Å²) in [5.74, 6) is 0. The Balaban J connectivity index is 1.25. The normalized spacial score (nSPS) is 15.3. The topological polar surface area (TPSA) is 6.48 Å². The maximum atomic E-state index is 4.35. The third kappa shape index (κ3) is 6.74. The van der Waals surface area contributed by atoms with Gasteiger partial charge in [0.05, 0.1) is 21.0 Å². The molecule has 302 valence electrons. The molecular weight excluding hydrogens is 913 g/mol. The molecule has 1 heterocycles. The van der Waals surface area contributed by atoms with Crippen LogP contribution in [0.1, 0.15) is 20.8 Å². The number of para-hydroxylation sites is 2. The van der Waals surface area contributed by atoms with E-state index in [1.807, 2.05) is 0 Å². The molecule has 10 aromatic carbocycles. The number of anilines is 6. The van der Waals surface area contributed by atoms with E-state index in [4.69, 9.17) is 0 Å². The Kier molecular flexibility index (Phi) is 10.4. The van der Waals surface area contributed by atoms with Crippen molar-refractivity contribution in [2.75, 3.05) is 9.80 Å². The van der Waals surface area contributed by atoms with Crippen molar-refractivity contribution < 1.29 is 0 Å². The summed E-state index contributed by atoms with van der Waals surface area (Å²) in [5, 5.41) is 10.2. The van der Waals surface area contributed by atoms with Gasteiger partial charge in [-0.3, -0.25) is 0 Å². The first kappa shape index (κ1) is 39.4. The average molecular weight is 955 g/mol. The van der Waals surface area contributed by atoms with Crippen LogP contribution >= 0.6 is 31.9 Å². The summed E-state index contributed by atoms with van der Waals surface area (Å²) in [6, 6.07) is 89.6. The third-order valence-corrected chi connectivity index (χ3v) is 20.3. The number of nitrogens with zero attached hydrogens (tertiary/aromatic N) is 2. The lowest BCUT2D eigenvalue weighted by atomic mass is 10.0. The minimum Gasteiger partial charge on any atom is -0.310 e. The Labute approximate surface area is 387 Å². The molecular formula is C58H42Br2N2Si. The molecule has 10 aromatic rings.